The number of aromatic nitrogens is 2. The first-order chi connectivity index (χ1) is 16.3. The zero-order valence-corrected chi connectivity index (χ0v) is 18.5. The number of nitrogens with zero attached hydrogens (tertiary/aromatic N) is 2. The van der Waals surface area contributed by atoms with Crippen molar-refractivity contribution in [3.05, 3.63) is 78.9 Å². The molecule has 0 atom stereocenters. The van der Waals surface area contributed by atoms with Gasteiger partial charge in [0.15, 0.2) is 0 Å². The molecular weight excluding hydrogens is 412 g/mol. The maximum atomic E-state index is 6.08. The average Bonchev–Trinajstić information content (AvgIpc) is 3.43. The maximum Gasteiger partial charge on any atom is 0.232 e. The fourth-order valence-electron chi connectivity index (χ4n) is 4.15. The predicted octanol–water partition coefficient (Wildman–Crippen LogP) is 4.91. The number of ether oxygens (including phenoxy) is 1. The molecule has 0 spiro atoms. The molecule has 0 aliphatic carbocycles. The van der Waals surface area contributed by atoms with Crippen LogP contribution in [-0.4, -0.2) is 29.7 Å². The summed E-state index contributed by atoms with van der Waals surface area (Å²) in [6, 6.07) is 18.4. The van der Waals surface area contributed by atoms with E-state index in [-0.39, 0.29) is 0 Å². The minimum atomic E-state index is 0.508. The van der Waals surface area contributed by atoms with E-state index in [1.807, 2.05) is 30.3 Å². The number of hydrogen-bond acceptors (Lipinski definition) is 6. The molecule has 1 aliphatic heterocycles. The van der Waals surface area contributed by atoms with Crippen LogP contribution in [0.2, 0.25) is 0 Å². The van der Waals surface area contributed by atoms with Crippen LogP contribution in [0.15, 0.2) is 77.7 Å². The van der Waals surface area contributed by atoms with E-state index < -0.39 is 0 Å². The largest absolute Gasteiger partial charge is 0.476 e. The summed E-state index contributed by atoms with van der Waals surface area (Å²) in [5, 5.41) is 3.39. The van der Waals surface area contributed by atoms with Crippen molar-refractivity contribution >= 4 is 0 Å². The van der Waals surface area contributed by atoms with Gasteiger partial charge in [-0.15, -0.1) is 0 Å². The van der Waals surface area contributed by atoms with E-state index >= 15 is 0 Å². The Morgan fingerprint density at radius 2 is 1.58 bits per heavy atom. The van der Waals surface area contributed by atoms with Crippen LogP contribution in [0.1, 0.15) is 18.4 Å². The first kappa shape index (κ1) is 21.4. The third kappa shape index (κ3) is 4.97. The number of nitrogens with two attached hydrogens (primary N) is 1. The number of hydrogen-bond donors (Lipinski definition) is 2. The van der Waals surface area contributed by atoms with Gasteiger partial charge in [-0.3, -0.25) is 0 Å². The maximum absolute atomic E-state index is 6.08. The van der Waals surface area contributed by atoms with E-state index in [0.717, 1.165) is 65.1 Å². The van der Waals surface area contributed by atoms with E-state index in [9.17, 15) is 0 Å². The van der Waals surface area contributed by atoms with Gasteiger partial charge in [0.2, 0.25) is 5.88 Å². The Labute approximate surface area is 193 Å². The Kier molecular flexibility index (Phi) is 6.46. The van der Waals surface area contributed by atoms with Crippen LogP contribution in [0.5, 0.6) is 5.88 Å². The molecule has 33 heavy (non-hydrogen) atoms. The number of furan rings is 1. The molecule has 2 aromatic heterocycles. The van der Waals surface area contributed by atoms with Crippen LogP contribution in [-0.2, 0) is 6.54 Å². The topological polar surface area (TPSA) is 86.2 Å². The third-order valence-corrected chi connectivity index (χ3v) is 6.15. The van der Waals surface area contributed by atoms with Crippen LogP contribution in [0.4, 0.5) is 0 Å². The van der Waals surface area contributed by atoms with Gasteiger partial charge in [-0.1, -0.05) is 48.5 Å². The van der Waals surface area contributed by atoms with Gasteiger partial charge < -0.3 is 20.2 Å². The van der Waals surface area contributed by atoms with Crippen molar-refractivity contribution in [2.75, 3.05) is 19.7 Å². The zero-order valence-electron chi connectivity index (χ0n) is 18.5. The molecule has 0 saturated carbocycles. The fourth-order valence-corrected chi connectivity index (χ4v) is 4.15. The van der Waals surface area contributed by atoms with E-state index in [4.69, 9.17) is 24.9 Å². The Hall–Kier alpha value is -3.48. The van der Waals surface area contributed by atoms with E-state index in [1.165, 1.54) is 0 Å². The molecule has 3 N–H and O–H groups in total. The Balaban J connectivity index is 1.46. The van der Waals surface area contributed by atoms with Gasteiger partial charge in [0, 0.05) is 23.2 Å². The highest BCUT2D eigenvalue weighted by Crippen LogP contribution is 2.32. The molecule has 1 saturated heterocycles. The van der Waals surface area contributed by atoms with Gasteiger partial charge >= 0.3 is 0 Å². The highest BCUT2D eigenvalue weighted by Gasteiger charge is 2.17. The van der Waals surface area contributed by atoms with E-state index in [1.54, 1.807) is 18.7 Å². The van der Waals surface area contributed by atoms with Crippen molar-refractivity contribution in [3.63, 3.8) is 0 Å². The average molecular weight is 441 g/mol. The third-order valence-electron chi connectivity index (χ3n) is 6.15. The summed E-state index contributed by atoms with van der Waals surface area (Å²) in [6.07, 6.45) is 7.41. The molecular formula is C27H28N4O2. The quantitative estimate of drug-likeness (QED) is 0.425. The van der Waals surface area contributed by atoms with Crippen LogP contribution < -0.4 is 15.8 Å². The zero-order chi connectivity index (χ0) is 22.5. The lowest BCUT2D eigenvalue weighted by molar-refractivity contribution is 0.208. The summed E-state index contributed by atoms with van der Waals surface area (Å²) >= 11 is 0. The van der Waals surface area contributed by atoms with Gasteiger partial charge in [-0.2, -0.15) is 0 Å². The normalized spacial score (nSPS) is 14.3. The van der Waals surface area contributed by atoms with Crippen molar-refractivity contribution in [1.29, 1.82) is 0 Å². The minimum absolute atomic E-state index is 0.508. The monoisotopic (exact) mass is 440 g/mol. The minimum Gasteiger partial charge on any atom is -0.476 e. The van der Waals surface area contributed by atoms with Crippen molar-refractivity contribution in [3.8, 4) is 39.5 Å². The van der Waals surface area contributed by atoms with E-state index in [2.05, 4.69) is 29.6 Å². The second-order valence-corrected chi connectivity index (χ2v) is 8.40. The molecule has 0 radical (unpaired) electrons. The lowest BCUT2D eigenvalue weighted by Gasteiger charge is -2.22. The summed E-state index contributed by atoms with van der Waals surface area (Å²) in [6.45, 7) is 3.27. The van der Waals surface area contributed by atoms with Crippen LogP contribution in [0.25, 0.3) is 33.6 Å². The van der Waals surface area contributed by atoms with Crippen molar-refractivity contribution in [2.24, 2.45) is 11.7 Å². The number of benzene rings is 2. The van der Waals surface area contributed by atoms with Crippen LogP contribution in [0, 0.1) is 5.92 Å². The lowest BCUT2D eigenvalue weighted by atomic mass is 9.99. The second-order valence-electron chi connectivity index (χ2n) is 8.40. The molecule has 3 heterocycles. The smallest absolute Gasteiger partial charge is 0.232 e. The second kappa shape index (κ2) is 9.98. The van der Waals surface area contributed by atoms with Gasteiger partial charge in [-0.25, -0.2) is 9.97 Å². The molecule has 0 bridgehead atoms. The van der Waals surface area contributed by atoms with Gasteiger partial charge in [0.1, 0.15) is 5.69 Å². The molecule has 1 fully saturated rings. The molecule has 168 valence electrons. The lowest BCUT2D eigenvalue weighted by Crippen LogP contribution is -2.30. The summed E-state index contributed by atoms with van der Waals surface area (Å²) in [4.78, 5) is 9.67. The van der Waals surface area contributed by atoms with Gasteiger partial charge in [0.05, 0.1) is 31.0 Å². The molecule has 6 nitrogen and oxygen atoms in total. The SMILES string of the molecule is NCc1ccc(-c2nc(OCC3CCNCC3)cnc2-c2ccc(-c3ccoc3)cc2)cc1. The number of piperidine rings is 1. The first-order valence-corrected chi connectivity index (χ1v) is 11.4. The summed E-state index contributed by atoms with van der Waals surface area (Å²) in [5.41, 5.74) is 12.6. The number of nitrogens with one attached hydrogen (secondary N) is 1. The molecule has 2 aromatic carbocycles. The van der Waals surface area contributed by atoms with Gasteiger partial charge in [0.25, 0.3) is 0 Å². The Morgan fingerprint density at radius 1 is 0.879 bits per heavy atom. The van der Waals surface area contributed by atoms with Crippen LogP contribution >= 0.6 is 0 Å². The Bertz CT molecular complexity index is 1170. The molecule has 6 heteroatoms. The molecule has 4 aromatic rings. The highest BCUT2D eigenvalue weighted by atomic mass is 16.5. The summed E-state index contributed by atoms with van der Waals surface area (Å²) < 4.78 is 11.3. The molecule has 0 unspecified atom stereocenters. The standard InChI is InChI=1S/C27H28N4O2/c28-15-19-1-3-23(4-2-19)27-26(22-7-5-21(6-8-22)24-11-14-32-18-24)30-16-25(31-27)33-17-20-9-12-29-13-10-20/h1-8,11,14,16,18,20,29H,9-10,12-13,15,17,28H2. The summed E-state index contributed by atoms with van der Waals surface area (Å²) in [5.74, 6) is 1.11. The predicted molar refractivity (Wildman–Crippen MR) is 130 cm³/mol. The van der Waals surface area contributed by atoms with E-state index in [0.29, 0.717) is 24.9 Å². The highest BCUT2D eigenvalue weighted by molar-refractivity contribution is 5.79. The number of rotatable bonds is 7. The summed E-state index contributed by atoms with van der Waals surface area (Å²) in [7, 11) is 0. The molecule has 0 amide bonds. The van der Waals surface area contributed by atoms with Crippen molar-refractivity contribution in [1.82, 2.24) is 15.3 Å². The molecule has 5 rings (SSSR count). The van der Waals surface area contributed by atoms with Crippen molar-refractivity contribution in [2.45, 2.75) is 19.4 Å². The van der Waals surface area contributed by atoms with Crippen molar-refractivity contribution < 1.29 is 9.15 Å². The van der Waals surface area contributed by atoms with Gasteiger partial charge in [-0.05, 0) is 49.0 Å². The Morgan fingerprint density at radius 3 is 2.27 bits per heavy atom. The van der Waals surface area contributed by atoms with Crippen LogP contribution in [0.3, 0.4) is 0 Å². The molecule has 1 aliphatic rings. The first-order valence-electron chi connectivity index (χ1n) is 11.4. The fraction of sp³-hybridized carbons (Fsp3) is 0.259.